The number of nitrogens with one attached hydrogen (secondary N) is 1. The second-order valence-corrected chi connectivity index (χ2v) is 22.0. The van der Waals surface area contributed by atoms with Gasteiger partial charge in [0, 0.05) is 83.0 Å². The second-order valence-electron chi connectivity index (χ2n) is 22.0. The average Bonchev–Trinajstić information content (AvgIpc) is 0.784. The number of carbonyl (C=O) groups excluding carboxylic acids is 7. The molecule has 4 aliphatic carbocycles. The van der Waals surface area contributed by atoms with Crippen LogP contribution in [0.2, 0.25) is 0 Å². The van der Waals surface area contributed by atoms with Crippen LogP contribution < -0.4 is 23.5 Å². The van der Waals surface area contributed by atoms with Crippen LogP contribution in [-0.2, 0) is 64.2 Å². The van der Waals surface area contributed by atoms with Gasteiger partial charge in [-0.3, -0.25) is 38.4 Å². The van der Waals surface area contributed by atoms with Gasteiger partial charge in [-0.1, -0.05) is 36.4 Å². The number of carboxylic acids is 1. The standard InChI is InChI=1S/C31H33NO14.C27H29NO11.ClH/c1-12-26(39)16(32-19(36)5-6-20(37)38)7-21(45-12)46-17-9-31(44,18(35)11-34)8-15-23(17)30(43)25-24(28(15)41)27(40)14-4-2-3-13(10-33)22(14)29(25)42;1-10-22(32)14(28)5-17(38-10)39-15-7-27(37,16(31)9-30)6-13-19(15)26(36)21-20(24(13)34)23(33)12-4-2-3-11(8-29)18(12)25(21)35;/h2-4,12,16-17,21,26,33-34,39,41,43-44H,5-11H2,1H3,(H,32,36)(H,37,38);2-4,10,14-15,17,22,29-30,32,34,36-37H,5-9,28H2,1H3;1H/t12?,16-,17+,21+,26-,31+;10?,14-,15+,17+,22-,27+;/m11./s1. The first-order valence-electron chi connectivity index (χ1n) is 27.1. The minimum atomic E-state index is -2.36. The van der Waals surface area contributed by atoms with E-state index in [0.29, 0.717) is 0 Å². The fraction of sp³-hybridized carbons (Fsp3) is 0.448. The number of aromatic hydroxyl groups is 4. The molecule has 2 heterocycles. The predicted molar refractivity (Wildman–Crippen MR) is 282 cm³/mol. The Hall–Kier alpha value is -7.19. The van der Waals surface area contributed by atoms with E-state index < -0.39 is 223 Å². The molecule has 17 N–H and O–H groups in total. The zero-order valence-electron chi connectivity index (χ0n) is 46.0. The highest BCUT2D eigenvalue weighted by atomic mass is 35.5. The highest BCUT2D eigenvalue weighted by Gasteiger charge is 2.53. The molecule has 0 bridgehead atoms. The Morgan fingerprint density at radius 1 is 0.605 bits per heavy atom. The van der Waals surface area contributed by atoms with E-state index in [4.69, 9.17) is 24.1 Å². The fourth-order valence-electron chi connectivity index (χ4n) is 12.3. The Morgan fingerprint density at radius 2 is 1.01 bits per heavy atom. The molecule has 2 aliphatic heterocycles. The molecule has 2 saturated heterocycles. The summed E-state index contributed by atoms with van der Waals surface area (Å²) in [5.74, 6) is -10.1. The number of aliphatic hydroxyl groups is 8. The lowest BCUT2D eigenvalue weighted by Crippen LogP contribution is -3.00. The molecule has 0 spiro atoms. The van der Waals surface area contributed by atoms with E-state index in [1.807, 2.05) is 0 Å². The summed E-state index contributed by atoms with van der Waals surface area (Å²) in [6.07, 6.45) is -12.1. The van der Waals surface area contributed by atoms with Crippen LogP contribution in [0.5, 0.6) is 23.0 Å². The van der Waals surface area contributed by atoms with E-state index in [9.17, 15) is 99.6 Å². The summed E-state index contributed by atoms with van der Waals surface area (Å²) in [5, 5.41) is 139. The van der Waals surface area contributed by atoms with Crippen molar-refractivity contribution < 1.29 is 142 Å². The molecule has 27 nitrogen and oxygen atoms in total. The van der Waals surface area contributed by atoms with E-state index in [1.54, 1.807) is 6.92 Å². The molecule has 4 aromatic carbocycles. The SMILES string of the molecule is CC1O[C@@H](O[C@H]2C[C@](O)(C(=O)CO)Cc3c(O)c4c(c(O)c32)C(=O)c2c(CO)cccc2C4=O)C[C@@H](NC(=O)CCC(=O)O)[C@@H]1O.CC1O[C@@H](O[C@H]2C[C@](O)(C(=O)CO)Cc3c(O)c4c(c(O)c32)C(=O)c2c(CO)cccc2C4=O)C[C@@H]([NH3+])[C@@H]1O.[Cl-]. The predicted octanol–water partition coefficient (Wildman–Crippen LogP) is -4.72. The second kappa shape index (κ2) is 24.9. The van der Waals surface area contributed by atoms with Crippen molar-refractivity contribution in [2.24, 2.45) is 0 Å². The van der Waals surface area contributed by atoms with Crippen molar-refractivity contribution in [3.8, 4) is 23.0 Å². The summed E-state index contributed by atoms with van der Waals surface area (Å²) < 4.78 is 23.6. The van der Waals surface area contributed by atoms with Gasteiger partial charge in [-0.2, -0.15) is 0 Å². The Balaban J connectivity index is 0.000000224. The highest BCUT2D eigenvalue weighted by Crippen LogP contribution is 2.54. The number of rotatable bonds is 14. The summed E-state index contributed by atoms with van der Waals surface area (Å²) in [7, 11) is 0. The number of ether oxygens (including phenoxy) is 4. The van der Waals surface area contributed by atoms with Gasteiger partial charge in [-0.25, -0.2) is 0 Å². The molecule has 10 rings (SSSR count). The van der Waals surface area contributed by atoms with Crippen LogP contribution in [-0.4, -0.2) is 186 Å². The van der Waals surface area contributed by atoms with Crippen molar-refractivity contribution in [1.82, 2.24) is 5.32 Å². The Kier molecular flexibility index (Phi) is 18.8. The van der Waals surface area contributed by atoms with Gasteiger partial charge in [-0.15, -0.1) is 0 Å². The molecule has 0 saturated carbocycles. The number of carbonyl (C=O) groups is 8. The van der Waals surface area contributed by atoms with Gasteiger partial charge in [0.2, 0.25) is 5.91 Å². The topological polar surface area (TPSA) is 476 Å². The molecule has 86 heavy (non-hydrogen) atoms. The number of carboxylic acid groups (broad SMARTS) is 1. The molecule has 462 valence electrons. The number of Topliss-reactive ketones (excluding diaryl/α,β-unsaturated/α-hetero) is 2. The van der Waals surface area contributed by atoms with Gasteiger partial charge >= 0.3 is 5.97 Å². The molecule has 1 amide bonds. The number of benzene rings is 4. The Labute approximate surface area is 493 Å². The number of hydrogen-bond donors (Lipinski definition) is 15. The van der Waals surface area contributed by atoms with Crippen molar-refractivity contribution in [3.05, 3.63) is 114 Å². The molecule has 0 aromatic heterocycles. The van der Waals surface area contributed by atoms with Gasteiger partial charge < -0.3 is 109 Å². The molecule has 0 radical (unpaired) electrons. The summed E-state index contributed by atoms with van der Waals surface area (Å²) in [6, 6.07) is 6.98. The number of halogens is 1. The normalized spacial score (nSPS) is 28.0. The van der Waals surface area contributed by atoms with Crippen LogP contribution in [0.3, 0.4) is 0 Å². The molecular weight excluding hydrogens is 1160 g/mol. The van der Waals surface area contributed by atoms with Crippen LogP contribution in [0, 0.1) is 0 Å². The quantitative estimate of drug-likeness (QED) is 0.0456. The number of aliphatic carboxylic acids is 1. The number of phenols is 4. The van der Waals surface area contributed by atoms with Crippen molar-refractivity contribution in [1.29, 1.82) is 0 Å². The highest BCUT2D eigenvalue weighted by molar-refractivity contribution is 6.32. The number of amides is 1. The summed E-state index contributed by atoms with van der Waals surface area (Å²) in [6.45, 7) is -0.190. The minimum absolute atomic E-state index is 0. The third kappa shape index (κ3) is 11.3. The smallest absolute Gasteiger partial charge is 0.303 e. The van der Waals surface area contributed by atoms with Gasteiger partial charge in [0.25, 0.3) is 0 Å². The maximum absolute atomic E-state index is 13.7. The summed E-state index contributed by atoms with van der Waals surface area (Å²) >= 11 is 0. The number of aliphatic hydroxyl groups excluding tert-OH is 6. The van der Waals surface area contributed by atoms with E-state index in [-0.39, 0.29) is 87.3 Å². The maximum atomic E-state index is 13.7. The number of hydrogen-bond acceptors (Lipinski definition) is 24. The lowest BCUT2D eigenvalue weighted by molar-refractivity contribution is -0.466. The molecule has 6 aliphatic rings. The van der Waals surface area contributed by atoms with Gasteiger partial charge in [-0.05, 0) is 25.0 Å². The maximum Gasteiger partial charge on any atom is 0.303 e. The molecule has 4 aromatic rings. The largest absolute Gasteiger partial charge is 1.00 e. The van der Waals surface area contributed by atoms with Gasteiger partial charge in [0.1, 0.15) is 65.7 Å². The molecule has 2 fully saturated rings. The molecular formula is C58H63ClN2O25. The average molecular weight is 1220 g/mol. The lowest BCUT2D eigenvalue weighted by Gasteiger charge is -2.43. The van der Waals surface area contributed by atoms with Crippen LogP contribution >= 0.6 is 0 Å². The van der Waals surface area contributed by atoms with Crippen LogP contribution in [0.4, 0.5) is 0 Å². The van der Waals surface area contributed by atoms with Crippen molar-refractivity contribution in [3.63, 3.8) is 0 Å². The number of ketones is 6. The molecule has 28 heteroatoms. The van der Waals surface area contributed by atoms with Crippen molar-refractivity contribution in [2.75, 3.05) is 13.2 Å². The summed E-state index contributed by atoms with van der Waals surface area (Å²) in [5.41, 5.74) is -3.89. The molecule has 2 unspecified atom stereocenters. The van der Waals surface area contributed by atoms with Gasteiger partial charge in [0.05, 0.1) is 78.8 Å². The monoisotopic (exact) mass is 1220 g/mol. The number of phenolic OH excluding ortho intramolecular Hbond substituents is 4. The van der Waals surface area contributed by atoms with Crippen LogP contribution in [0.25, 0.3) is 0 Å². The molecule has 12 atom stereocenters. The lowest BCUT2D eigenvalue weighted by atomic mass is 9.71. The van der Waals surface area contributed by atoms with Crippen LogP contribution in [0.1, 0.15) is 162 Å². The fourth-order valence-corrected chi connectivity index (χ4v) is 12.3. The first-order chi connectivity index (χ1) is 40.1. The van der Waals surface area contributed by atoms with Crippen molar-refractivity contribution in [2.45, 2.75) is 151 Å². The van der Waals surface area contributed by atoms with Crippen LogP contribution in [0.15, 0.2) is 36.4 Å². The number of quaternary nitrogens is 1. The number of fused-ring (bicyclic) bond motifs is 6. The summed E-state index contributed by atoms with van der Waals surface area (Å²) in [4.78, 5) is 103. The first kappa shape index (κ1) is 64.8. The third-order valence-electron chi connectivity index (χ3n) is 16.7. The van der Waals surface area contributed by atoms with E-state index >= 15 is 0 Å². The minimum Gasteiger partial charge on any atom is -1.00 e. The first-order valence-corrected chi connectivity index (χ1v) is 27.1. The Bertz CT molecular complexity index is 3470. The van der Waals surface area contributed by atoms with E-state index in [0.717, 1.165) is 0 Å². The van der Waals surface area contributed by atoms with Crippen molar-refractivity contribution >= 4 is 46.6 Å². The third-order valence-corrected chi connectivity index (χ3v) is 16.7. The van der Waals surface area contributed by atoms with E-state index in [1.165, 1.54) is 43.3 Å². The Morgan fingerprint density at radius 3 is 1.41 bits per heavy atom. The zero-order valence-corrected chi connectivity index (χ0v) is 46.8. The van der Waals surface area contributed by atoms with E-state index in [2.05, 4.69) is 11.1 Å². The zero-order chi connectivity index (χ0) is 62.0. The van der Waals surface area contributed by atoms with Gasteiger partial charge in [0.15, 0.2) is 47.3 Å².